The van der Waals surface area contributed by atoms with Crippen molar-refractivity contribution in [2.45, 2.75) is 39.2 Å². The van der Waals surface area contributed by atoms with Crippen molar-refractivity contribution in [2.24, 2.45) is 7.05 Å². The fraction of sp³-hybridized carbons (Fsp3) is 0.800. The maximum Gasteiger partial charge on any atom is 0.216 e. The number of nitrogens with one attached hydrogen (secondary N) is 1. The molecule has 0 aromatic carbocycles. The highest BCUT2D eigenvalue weighted by Gasteiger charge is 2.13. The third-order valence-electron chi connectivity index (χ3n) is 4.09. The summed E-state index contributed by atoms with van der Waals surface area (Å²) in [7, 11) is 3.63. The maximum atomic E-state index is 5.41. The molecule has 0 atom stereocenters. The summed E-state index contributed by atoms with van der Waals surface area (Å²) in [5.74, 6) is 0.866. The van der Waals surface area contributed by atoms with Gasteiger partial charge in [-0.25, -0.2) is 4.68 Å². The summed E-state index contributed by atoms with van der Waals surface area (Å²) in [4.78, 5) is 2.58. The van der Waals surface area contributed by atoms with E-state index in [1.54, 1.807) is 11.8 Å². The Morgan fingerprint density at radius 1 is 1.20 bits per heavy atom. The van der Waals surface area contributed by atoms with E-state index >= 15 is 0 Å². The molecular weight excluding hydrogens is 252 g/mol. The van der Waals surface area contributed by atoms with Crippen LogP contribution in [0.25, 0.3) is 0 Å². The minimum absolute atomic E-state index is 0.830. The first-order valence-electron chi connectivity index (χ1n) is 7.72. The second-order valence-electron chi connectivity index (χ2n) is 5.63. The van der Waals surface area contributed by atoms with Crippen LogP contribution in [0.3, 0.4) is 0 Å². The first-order valence-corrected chi connectivity index (χ1v) is 7.72. The fourth-order valence-corrected chi connectivity index (χ4v) is 2.95. The van der Waals surface area contributed by atoms with Crippen LogP contribution in [0.15, 0.2) is 0 Å². The molecule has 2 heterocycles. The standard InChI is InChI=1S/C15H28N4O/c1-13-14(15(20-3)18(2)17-13)12-16-8-11-19-9-6-4-5-7-10-19/h16H,4-12H2,1-3H3. The van der Waals surface area contributed by atoms with Crippen molar-refractivity contribution >= 4 is 0 Å². The predicted octanol–water partition coefficient (Wildman–Crippen LogP) is 1.70. The summed E-state index contributed by atoms with van der Waals surface area (Å²) < 4.78 is 7.22. The molecular formula is C15H28N4O. The van der Waals surface area contributed by atoms with E-state index in [9.17, 15) is 0 Å². The van der Waals surface area contributed by atoms with Gasteiger partial charge in [0.25, 0.3) is 0 Å². The predicted molar refractivity (Wildman–Crippen MR) is 81.1 cm³/mol. The van der Waals surface area contributed by atoms with Gasteiger partial charge in [-0.2, -0.15) is 5.10 Å². The summed E-state index contributed by atoms with van der Waals surface area (Å²) in [5, 5.41) is 7.93. The van der Waals surface area contributed by atoms with Gasteiger partial charge in [0.1, 0.15) is 0 Å². The monoisotopic (exact) mass is 280 g/mol. The van der Waals surface area contributed by atoms with Crippen molar-refractivity contribution in [3.63, 3.8) is 0 Å². The van der Waals surface area contributed by atoms with Crippen molar-refractivity contribution in [1.29, 1.82) is 0 Å². The Morgan fingerprint density at radius 2 is 1.90 bits per heavy atom. The van der Waals surface area contributed by atoms with Crippen LogP contribution in [0.2, 0.25) is 0 Å². The van der Waals surface area contributed by atoms with E-state index in [0.717, 1.165) is 31.2 Å². The van der Waals surface area contributed by atoms with Gasteiger partial charge < -0.3 is 15.0 Å². The Hall–Kier alpha value is -1.07. The lowest BCUT2D eigenvalue weighted by molar-refractivity contribution is 0.283. The number of methoxy groups -OCH3 is 1. The Bertz CT molecular complexity index is 408. The van der Waals surface area contributed by atoms with Gasteiger partial charge in [0.2, 0.25) is 5.88 Å². The lowest BCUT2D eigenvalue weighted by Gasteiger charge is -2.19. The molecule has 1 aliphatic heterocycles. The van der Waals surface area contributed by atoms with Crippen LogP contribution in [-0.4, -0.2) is 48.0 Å². The van der Waals surface area contributed by atoms with E-state index in [4.69, 9.17) is 4.74 Å². The molecule has 0 radical (unpaired) electrons. The highest BCUT2D eigenvalue weighted by molar-refractivity contribution is 5.30. The first kappa shape index (κ1) is 15.3. The van der Waals surface area contributed by atoms with Gasteiger partial charge in [-0.05, 0) is 32.9 Å². The van der Waals surface area contributed by atoms with Crippen LogP contribution in [0.1, 0.15) is 36.9 Å². The summed E-state index contributed by atoms with van der Waals surface area (Å²) in [5.41, 5.74) is 2.22. The molecule has 1 fully saturated rings. The average Bonchev–Trinajstić information content (AvgIpc) is 2.62. The Kier molecular flexibility index (Phi) is 5.86. The third kappa shape index (κ3) is 3.96. The van der Waals surface area contributed by atoms with E-state index < -0.39 is 0 Å². The summed E-state index contributed by atoms with van der Waals surface area (Å²) in [6.45, 7) is 7.55. The largest absolute Gasteiger partial charge is 0.481 e. The molecule has 0 spiro atoms. The number of hydrogen-bond donors (Lipinski definition) is 1. The Morgan fingerprint density at radius 3 is 2.55 bits per heavy atom. The van der Waals surface area contributed by atoms with Gasteiger partial charge in [0.15, 0.2) is 0 Å². The molecule has 1 aromatic heterocycles. The molecule has 0 unspecified atom stereocenters. The molecule has 0 amide bonds. The SMILES string of the molecule is COc1c(CNCCN2CCCCCC2)c(C)nn1C. The zero-order chi connectivity index (χ0) is 14.4. The highest BCUT2D eigenvalue weighted by atomic mass is 16.5. The normalized spacial score (nSPS) is 17.1. The number of aryl methyl sites for hydroxylation is 2. The number of hydrogen-bond acceptors (Lipinski definition) is 4. The summed E-state index contributed by atoms with van der Waals surface area (Å²) in [6.07, 6.45) is 5.51. The summed E-state index contributed by atoms with van der Waals surface area (Å²) in [6, 6.07) is 0. The second kappa shape index (κ2) is 7.64. The number of ether oxygens (including phenoxy) is 1. The van der Waals surface area contributed by atoms with Crippen LogP contribution >= 0.6 is 0 Å². The molecule has 114 valence electrons. The van der Waals surface area contributed by atoms with Gasteiger partial charge in [-0.3, -0.25) is 0 Å². The van der Waals surface area contributed by atoms with Crippen LogP contribution in [0.5, 0.6) is 5.88 Å². The second-order valence-corrected chi connectivity index (χ2v) is 5.63. The van der Waals surface area contributed by atoms with Crippen LogP contribution in [0, 0.1) is 6.92 Å². The highest BCUT2D eigenvalue weighted by Crippen LogP contribution is 2.20. The quantitative estimate of drug-likeness (QED) is 0.806. The first-order chi connectivity index (χ1) is 9.72. The molecule has 1 aromatic rings. The van der Waals surface area contributed by atoms with E-state index in [2.05, 4.69) is 15.3 Å². The average molecular weight is 280 g/mol. The molecule has 1 N–H and O–H groups in total. The molecule has 1 aliphatic rings. The molecule has 0 saturated carbocycles. The van der Waals surface area contributed by atoms with Gasteiger partial charge >= 0.3 is 0 Å². The minimum Gasteiger partial charge on any atom is -0.481 e. The molecule has 0 aliphatic carbocycles. The van der Waals surface area contributed by atoms with Crippen molar-refractivity contribution in [1.82, 2.24) is 20.0 Å². The number of rotatable bonds is 6. The van der Waals surface area contributed by atoms with Crippen LogP contribution in [-0.2, 0) is 13.6 Å². The molecule has 2 rings (SSSR count). The van der Waals surface area contributed by atoms with E-state index in [1.165, 1.54) is 44.3 Å². The number of likely N-dealkylation sites (tertiary alicyclic amines) is 1. The zero-order valence-electron chi connectivity index (χ0n) is 13.1. The van der Waals surface area contributed by atoms with E-state index in [1.807, 2.05) is 14.0 Å². The topological polar surface area (TPSA) is 42.3 Å². The van der Waals surface area contributed by atoms with Crippen molar-refractivity contribution < 1.29 is 4.74 Å². The number of nitrogens with zero attached hydrogens (tertiary/aromatic N) is 3. The van der Waals surface area contributed by atoms with Gasteiger partial charge in [-0.1, -0.05) is 12.8 Å². The van der Waals surface area contributed by atoms with Crippen LogP contribution in [0.4, 0.5) is 0 Å². The zero-order valence-corrected chi connectivity index (χ0v) is 13.1. The lowest BCUT2D eigenvalue weighted by atomic mass is 10.2. The Labute approximate surface area is 122 Å². The molecule has 5 nitrogen and oxygen atoms in total. The van der Waals surface area contributed by atoms with Crippen molar-refractivity contribution in [2.75, 3.05) is 33.3 Å². The lowest BCUT2D eigenvalue weighted by Crippen LogP contribution is -2.32. The number of aromatic nitrogens is 2. The van der Waals surface area contributed by atoms with Gasteiger partial charge in [0, 0.05) is 26.7 Å². The van der Waals surface area contributed by atoms with Crippen LogP contribution < -0.4 is 10.1 Å². The molecule has 1 saturated heterocycles. The fourth-order valence-electron chi connectivity index (χ4n) is 2.95. The van der Waals surface area contributed by atoms with E-state index in [0.29, 0.717) is 0 Å². The molecule has 5 heteroatoms. The third-order valence-corrected chi connectivity index (χ3v) is 4.09. The summed E-state index contributed by atoms with van der Waals surface area (Å²) >= 11 is 0. The van der Waals surface area contributed by atoms with E-state index in [-0.39, 0.29) is 0 Å². The van der Waals surface area contributed by atoms with Crippen molar-refractivity contribution in [3.05, 3.63) is 11.3 Å². The maximum absolute atomic E-state index is 5.41. The minimum atomic E-state index is 0.830. The Balaban J connectivity index is 1.75. The van der Waals surface area contributed by atoms with Gasteiger partial charge in [0.05, 0.1) is 18.4 Å². The van der Waals surface area contributed by atoms with Gasteiger partial charge in [-0.15, -0.1) is 0 Å². The molecule has 0 bridgehead atoms. The molecule has 20 heavy (non-hydrogen) atoms. The van der Waals surface area contributed by atoms with Crippen molar-refractivity contribution in [3.8, 4) is 5.88 Å². The smallest absolute Gasteiger partial charge is 0.216 e.